The maximum atomic E-state index is 12.3. The van der Waals surface area contributed by atoms with E-state index in [4.69, 9.17) is 17.3 Å². The summed E-state index contributed by atoms with van der Waals surface area (Å²) in [6.45, 7) is 0.455. The maximum Gasteiger partial charge on any atom is 0.253 e. The van der Waals surface area contributed by atoms with Gasteiger partial charge in [-0.15, -0.1) is 0 Å². The van der Waals surface area contributed by atoms with Crippen molar-refractivity contribution in [3.05, 3.63) is 70.2 Å². The lowest BCUT2D eigenvalue weighted by Crippen LogP contribution is -2.26. The highest BCUT2D eigenvalue weighted by Gasteiger charge is 2.12. The van der Waals surface area contributed by atoms with Gasteiger partial charge in [0.2, 0.25) is 5.91 Å². The van der Waals surface area contributed by atoms with Gasteiger partial charge in [0, 0.05) is 29.7 Å². The second-order valence-corrected chi connectivity index (χ2v) is 5.17. The molecule has 2 aromatic carbocycles. The van der Waals surface area contributed by atoms with Crippen LogP contribution >= 0.6 is 11.6 Å². The van der Waals surface area contributed by atoms with Crippen molar-refractivity contribution >= 4 is 23.4 Å². The van der Waals surface area contributed by atoms with Crippen molar-refractivity contribution in [3.8, 4) is 0 Å². The number of primary amides is 1. The molecule has 0 heterocycles. The Hall–Kier alpha value is -2.33. The first-order chi connectivity index (χ1) is 9.97. The van der Waals surface area contributed by atoms with E-state index in [1.165, 1.54) is 0 Å². The van der Waals surface area contributed by atoms with E-state index < -0.39 is 5.91 Å². The Bertz CT molecular complexity index is 668. The van der Waals surface area contributed by atoms with Gasteiger partial charge in [0.05, 0.1) is 0 Å². The highest BCUT2D eigenvalue weighted by Crippen LogP contribution is 2.14. The normalized spacial score (nSPS) is 10.2. The number of hydrogen-bond acceptors (Lipinski definition) is 2. The molecule has 2 aromatic rings. The largest absolute Gasteiger partial charge is 0.366 e. The van der Waals surface area contributed by atoms with Crippen LogP contribution in [0.3, 0.4) is 0 Å². The fourth-order valence-electron chi connectivity index (χ4n) is 1.98. The van der Waals surface area contributed by atoms with Gasteiger partial charge < -0.3 is 10.6 Å². The van der Waals surface area contributed by atoms with Crippen molar-refractivity contribution < 1.29 is 9.59 Å². The van der Waals surface area contributed by atoms with Crippen molar-refractivity contribution in [1.82, 2.24) is 4.90 Å². The minimum absolute atomic E-state index is 0.133. The van der Waals surface area contributed by atoms with E-state index in [1.807, 2.05) is 18.2 Å². The molecule has 0 aliphatic carbocycles. The molecule has 21 heavy (non-hydrogen) atoms. The summed E-state index contributed by atoms with van der Waals surface area (Å²) in [5.41, 5.74) is 7.00. The van der Waals surface area contributed by atoms with Gasteiger partial charge >= 0.3 is 0 Å². The fraction of sp³-hybridized carbons (Fsp3) is 0.125. The van der Waals surface area contributed by atoms with Gasteiger partial charge in [-0.25, -0.2) is 0 Å². The molecule has 0 aliphatic heterocycles. The Morgan fingerprint density at radius 1 is 1.10 bits per heavy atom. The van der Waals surface area contributed by atoms with E-state index in [-0.39, 0.29) is 5.91 Å². The molecule has 2 N–H and O–H groups in total. The van der Waals surface area contributed by atoms with Crippen LogP contribution in [0.1, 0.15) is 26.3 Å². The van der Waals surface area contributed by atoms with Crippen LogP contribution in [0.2, 0.25) is 5.02 Å². The van der Waals surface area contributed by atoms with Gasteiger partial charge in [-0.2, -0.15) is 0 Å². The fourth-order valence-corrected chi connectivity index (χ4v) is 2.19. The van der Waals surface area contributed by atoms with Gasteiger partial charge in [-0.05, 0) is 42.0 Å². The van der Waals surface area contributed by atoms with Gasteiger partial charge in [0.25, 0.3) is 5.91 Å². The summed E-state index contributed by atoms with van der Waals surface area (Å²) in [7, 11) is 1.71. The Kier molecular flexibility index (Phi) is 4.60. The van der Waals surface area contributed by atoms with Crippen molar-refractivity contribution in [2.45, 2.75) is 6.54 Å². The molecule has 4 nitrogen and oxygen atoms in total. The summed E-state index contributed by atoms with van der Waals surface area (Å²) < 4.78 is 0. The van der Waals surface area contributed by atoms with Crippen molar-refractivity contribution in [2.75, 3.05) is 7.05 Å². The average molecular weight is 303 g/mol. The van der Waals surface area contributed by atoms with E-state index in [0.717, 1.165) is 5.56 Å². The molecule has 0 aromatic heterocycles. The quantitative estimate of drug-likeness (QED) is 0.944. The third-order valence-electron chi connectivity index (χ3n) is 3.07. The minimum atomic E-state index is -0.513. The van der Waals surface area contributed by atoms with Crippen LogP contribution in [-0.2, 0) is 6.54 Å². The number of nitrogens with two attached hydrogens (primary N) is 1. The lowest BCUT2D eigenvalue weighted by atomic mass is 10.1. The molecule has 0 saturated carbocycles. The minimum Gasteiger partial charge on any atom is -0.366 e. The van der Waals surface area contributed by atoms with Crippen LogP contribution < -0.4 is 5.73 Å². The number of nitrogens with zero attached hydrogens (tertiary/aromatic N) is 1. The molecule has 0 spiro atoms. The van der Waals surface area contributed by atoms with Crippen molar-refractivity contribution in [3.63, 3.8) is 0 Å². The van der Waals surface area contributed by atoms with Crippen LogP contribution in [0.15, 0.2) is 48.5 Å². The van der Waals surface area contributed by atoms with Crippen molar-refractivity contribution in [2.24, 2.45) is 5.73 Å². The van der Waals surface area contributed by atoms with Gasteiger partial charge in [0.1, 0.15) is 0 Å². The molecule has 0 atom stereocenters. The number of halogens is 1. The predicted molar refractivity (Wildman–Crippen MR) is 82.2 cm³/mol. The molecule has 0 aliphatic rings. The zero-order chi connectivity index (χ0) is 15.4. The second kappa shape index (κ2) is 6.41. The summed E-state index contributed by atoms with van der Waals surface area (Å²) >= 11 is 5.92. The molecule has 2 amide bonds. The number of hydrogen-bond donors (Lipinski definition) is 1. The average Bonchev–Trinajstić information content (AvgIpc) is 2.46. The predicted octanol–water partition coefficient (Wildman–Crippen LogP) is 2.71. The standard InChI is InChI=1S/C16H15ClN2O2/c1-19(10-11-3-2-4-14(17)9-11)16(21)13-7-5-12(6-8-13)15(18)20/h2-9H,10H2,1H3,(H2,18,20). The third kappa shape index (κ3) is 3.83. The highest BCUT2D eigenvalue weighted by atomic mass is 35.5. The lowest BCUT2D eigenvalue weighted by Gasteiger charge is -2.17. The number of rotatable bonds is 4. The molecule has 0 unspecified atom stereocenters. The number of amides is 2. The summed E-state index contributed by atoms with van der Waals surface area (Å²) in [6, 6.07) is 13.6. The summed E-state index contributed by atoms with van der Waals surface area (Å²) in [6.07, 6.45) is 0. The molecule has 5 heteroatoms. The Balaban J connectivity index is 2.10. The first-order valence-corrected chi connectivity index (χ1v) is 6.75. The molecule has 108 valence electrons. The van der Waals surface area contributed by atoms with E-state index >= 15 is 0 Å². The molecule has 0 bridgehead atoms. The SMILES string of the molecule is CN(Cc1cccc(Cl)c1)C(=O)c1ccc(C(N)=O)cc1. The van der Waals surface area contributed by atoms with Crippen LogP contribution in [0, 0.1) is 0 Å². The summed E-state index contributed by atoms with van der Waals surface area (Å²) in [5.74, 6) is -0.646. The maximum absolute atomic E-state index is 12.3. The topological polar surface area (TPSA) is 63.4 Å². The van der Waals surface area contributed by atoms with E-state index in [9.17, 15) is 9.59 Å². The molecule has 0 fully saturated rings. The van der Waals surface area contributed by atoms with Crippen LogP contribution in [0.5, 0.6) is 0 Å². The van der Waals surface area contributed by atoms with Crippen LogP contribution in [0.4, 0.5) is 0 Å². The molecular formula is C16H15ClN2O2. The molecule has 0 saturated heterocycles. The van der Waals surface area contributed by atoms with Crippen molar-refractivity contribution in [1.29, 1.82) is 0 Å². The number of benzene rings is 2. The first-order valence-electron chi connectivity index (χ1n) is 6.37. The molecular weight excluding hydrogens is 288 g/mol. The molecule has 2 rings (SSSR count). The van der Waals surface area contributed by atoms with Crippen LogP contribution in [-0.4, -0.2) is 23.8 Å². The lowest BCUT2D eigenvalue weighted by molar-refractivity contribution is 0.0784. The zero-order valence-corrected chi connectivity index (χ0v) is 12.3. The summed E-state index contributed by atoms with van der Waals surface area (Å²) in [4.78, 5) is 24.9. The van der Waals surface area contributed by atoms with E-state index in [0.29, 0.717) is 22.7 Å². The van der Waals surface area contributed by atoms with Gasteiger partial charge in [-0.3, -0.25) is 9.59 Å². The Morgan fingerprint density at radius 2 is 1.71 bits per heavy atom. The van der Waals surface area contributed by atoms with E-state index in [1.54, 1.807) is 42.3 Å². The molecule has 0 radical (unpaired) electrons. The Morgan fingerprint density at radius 3 is 2.29 bits per heavy atom. The van der Waals surface area contributed by atoms with Gasteiger partial charge in [-0.1, -0.05) is 23.7 Å². The summed E-state index contributed by atoms with van der Waals surface area (Å²) in [5, 5.41) is 0.638. The number of carbonyl (C=O) groups is 2. The van der Waals surface area contributed by atoms with E-state index in [2.05, 4.69) is 0 Å². The highest BCUT2D eigenvalue weighted by molar-refractivity contribution is 6.30. The Labute approximate surface area is 128 Å². The second-order valence-electron chi connectivity index (χ2n) is 4.73. The van der Waals surface area contributed by atoms with Crippen LogP contribution in [0.25, 0.3) is 0 Å². The van der Waals surface area contributed by atoms with Gasteiger partial charge in [0.15, 0.2) is 0 Å². The third-order valence-corrected chi connectivity index (χ3v) is 3.31. The smallest absolute Gasteiger partial charge is 0.253 e. The first kappa shape index (κ1) is 15.1. The zero-order valence-electron chi connectivity index (χ0n) is 11.5. The monoisotopic (exact) mass is 302 g/mol. The number of carbonyl (C=O) groups excluding carboxylic acids is 2.